The molecule has 3 heterocycles. The van der Waals surface area contributed by atoms with Gasteiger partial charge >= 0.3 is 0 Å². The third-order valence-corrected chi connectivity index (χ3v) is 5.36. The van der Waals surface area contributed by atoms with E-state index in [0.29, 0.717) is 18.8 Å². The van der Waals surface area contributed by atoms with E-state index >= 15 is 0 Å². The van der Waals surface area contributed by atoms with Gasteiger partial charge in [0.15, 0.2) is 11.9 Å². The number of amides is 1. The molecule has 7 heteroatoms. The van der Waals surface area contributed by atoms with Crippen molar-refractivity contribution in [3.8, 4) is 5.75 Å². The number of aromatic nitrogens is 3. The molecule has 0 saturated heterocycles. The highest BCUT2D eigenvalue weighted by atomic mass is 32.2. The predicted molar refractivity (Wildman–Crippen MR) is 86.4 cm³/mol. The van der Waals surface area contributed by atoms with Crippen molar-refractivity contribution >= 4 is 17.7 Å². The van der Waals surface area contributed by atoms with Crippen molar-refractivity contribution in [3.63, 3.8) is 0 Å². The predicted octanol–water partition coefficient (Wildman–Crippen LogP) is 1.74. The van der Waals surface area contributed by atoms with Crippen molar-refractivity contribution in [3.05, 3.63) is 35.9 Å². The summed E-state index contributed by atoms with van der Waals surface area (Å²) in [6, 6.07) is 7.86. The number of rotatable bonds is 2. The molecule has 23 heavy (non-hydrogen) atoms. The Labute approximate surface area is 138 Å². The van der Waals surface area contributed by atoms with Crippen LogP contribution >= 0.6 is 11.8 Å². The van der Waals surface area contributed by atoms with Crippen LogP contribution in [0.4, 0.5) is 0 Å². The topological polar surface area (TPSA) is 60.2 Å². The molecule has 1 aromatic heterocycles. The Hall–Kier alpha value is -2.02. The Bertz CT molecular complexity index is 745. The lowest BCUT2D eigenvalue weighted by atomic mass is 10.2. The first kappa shape index (κ1) is 14.6. The molecule has 120 valence electrons. The molecule has 1 amide bonds. The second kappa shape index (κ2) is 5.88. The number of para-hydroxylation sites is 1. The number of hydrogen-bond donors (Lipinski definition) is 0. The molecule has 1 atom stereocenters. The van der Waals surface area contributed by atoms with Gasteiger partial charge in [0.1, 0.15) is 11.6 Å². The van der Waals surface area contributed by atoms with Gasteiger partial charge in [0.2, 0.25) is 0 Å². The molecule has 0 saturated carbocycles. The first-order chi connectivity index (χ1) is 11.3. The number of carbonyl (C=O) groups excluding carboxylic acids is 1. The van der Waals surface area contributed by atoms with Gasteiger partial charge in [0, 0.05) is 30.2 Å². The van der Waals surface area contributed by atoms with Gasteiger partial charge in [-0.1, -0.05) is 19.1 Å². The van der Waals surface area contributed by atoms with Crippen molar-refractivity contribution in [2.75, 3.05) is 12.3 Å². The number of carbonyl (C=O) groups is 1. The van der Waals surface area contributed by atoms with Gasteiger partial charge in [-0.05, 0) is 12.1 Å². The van der Waals surface area contributed by atoms with Crippen molar-refractivity contribution in [1.82, 2.24) is 19.7 Å². The van der Waals surface area contributed by atoms with Crippen LogP contribution in [0.25, 0.3) is 0 Å². The molecule has 2 aliphatic rings. The van der Waals surface area contributed by atoms with Gasteiger partial charge in [-0.2, -0.15) is 0 Å². The Morgan fingerprint density at radius 1 is 1.35 bits per heavy atom. The Balaban J connectivity index is 1.48. The average Bonchev–Trinajstić information content (AvgIpc) is 3.03. The molecule has 0 fully saturated rings. The number of ether oxygens (including phenoxy) is 1. The standard InChI is InChI=1S/C16H18N4O2S/c1-2-14-17-18-15-9-19(7-8-20(14)15)16(21)12-10-23-13-6-4-3-5-11(13)22-12/h3-6,12H,2,7-10H2,1H3/t12-/m1/s1. The monoisotopic (exact) mass is 330 g/mol. The minimum Gasteiger partial charge on any atom is -0.479 e. The Morgan fingerprint density at radius 3 is 3.09 bits per heavy atom. The van der Waals surface area contributed by atoms with Gasteiger partial charge < -0.3 is 14.2 Å². The maximum atomic E-state index is 12.8. The van der Waals surface area contributed by atoms with E-state index in [2.05, 4.69) is 21.7 Å². The lowest BCUT2D eigenvalue weighted by Crippen LogP contribution is -2.47. The summed E-state index contributed by atoms with van der Waals surface area (Å²) in [6.45, 7) is 4.02. The lowest BCUT2D eigenvalue weighted by Gasteiger charge is -2.32. The highest BCUT2D eigenvalue weighted by molar-refractivity contribution is 7.99. The fourth-order valence-corrected chi connectivity index (χ4v) is 3.99. The molecular formula is C16H18N4O2S. The Kier molecular flexibility index (Phi) is 3.72. The summed E-state index contributed by atoms with van der Waals surface area (Å²) >= 11 is 1.68. The van der Waals surface area contributed by atoms with Gasteiger partial charge in [-0.15, -0.1) is 22.0 Å². The van der Waals surface area contributed by atoms with Gasteiger partial charge in [-0.3, -0.25) is 4.79 Å². The van der Waals surface area contributed by atoms with E-state index < -0.39 is 6.10 Å². The zero-order chi connectivity index (χ0) is 15.8. The number of hydrogen-bond acceptors (Lipinski definition) is 5. The van der Waals surface area contributed by atoms with Gasteiger partial charge in [-0.25, -0.2) is 0 Å². The fraction of sp³-hybridized carbons (Fsp3) is 0.438. The third kappa shape index (κ3) is 2.59. The summed E-state index contributed by atoms with van der Waals surface area (Å²) in [6.07, 6.45) is 0.440. The summed E-state index contributed by atoms with van der Waals surface area (Å²) < 4.78 is 8.03. The molecule has 2 aromatic rings. The molecule has 0 aliphatic carbocycles. The summed E-state index contributed by atoms with van der Waals surface area (Å²) in [5.74, 6) is 3.35. The minimum atomic E-state index is -0.421. The van der Waals surface area contributed by atoms with E-state index in [1.54, 1.807) is 11.8 Å². The van der Waals surface area contributed by atoms with E-state index in [1.165, 1.54) is 0 Å². The van der Waals surface area contributed by atoms with Crippen LogP contribution in [0.2, 0.25) is 0 Å². The summed E-state index contributed by atoms with van der Waals surface area (Å²) in [5.41, 5.74) is 0. The minimum absolute atomic E-state index is 0.0410. The van der Waals surface area contributed by atoms with E-state index in [4.69, 9.17) is 4.74 Å². The van der Waals surface area contributed by atoms with Crippen LogP contribution in [0.3, 0.4) is 0 Å². The van der Waals surface area contributed by atoms with Gasteiger partial charge in [0.05, 0.1) is 6.54 Å². The fourth-order valence-electron chi connectivity index (χ4n) is 3.01. The highest BCUT2D eigenvalue weighted by Gasteiger charge is 2.33. The van der Waals surface area contributed by atoms with Crippen LogP contribution in [0.1, 0.15) is 18.6 Å². The van der Waals surface area contributed by atoms with E-state index in [0.717, 1.165) is 35.3 Å². The summed E-state index contributed by atoms with van der Waals surface area (Å²) in [5, 5.41) is 8.41. The molecule has 0 unspecified atom stereocenters. The quantitative estimate of drug-likeness (QED) is 0.839. The number of aryl methyl sites for hydroxylation is 1. The van der Waals surface area contributed by atoms with Crippen molar-refractivity contribution in [2.24, 2.45) is 0 Å². The summed E-state index contributed by atoms with van der Waals surface area (Å²) in [4.78, 5) is 15.7. The molecular weight excluding hydrogens is 312 g/mol. The molecule has 0 spiro atoms. The van der Waals surface area contributed by atoms with Crippen LogP contribution in [0.15, 0.2) is 29.2 Å². The SMILES string of the molecule is CCc1nnc2n1CCN(C(=O)[C@H]1CSc3ccccc3O1)C2. The molecule has 0 bridgehead atoms. The van der Waals surface area contributed by atoms with Crippen LogP contribution < -0.4 is 4.74 Å². The van der Waals surface area contributed by atoms with Crippen LogP contribution in [0, 0.1) is 0 Å². The smallest absolute Gasteiger partial charge is 0.265 e. The number of thioether (sulfide) groups is 1. The number of benzene rings is 1. The molecule has 0 radical (unpaired) electrons. The maximum Gasteiger partial charge on any atom is 0.265 e. The molecule has 4 rings (SSSR count). The number of fused-ring (bicyclic) bond motifs is 2. The zero-order valence-corrected chi connectivity index (χ0v) is 13.8. The van der Waals surface area contributed by atoms with Gasteiger partial charge in [0.25, 0.3) is 5.91 Å². The van der Waals surface area contributed by atoms with Crippen molar-refractivity contribution in [1.29, 1.82) is 0 Å². The molecule has 1 aromatic carbocycles. The largest absolute Gasteiger partial charge is 0.479 e. The second-order valence-electron chi connectivity index (χ2n) is 5.66. The molecule has 2 aliphatic heterocycles. The molecule has 6 nitrogen and oxygen atoms in total. The zero-order valence-electron chi connectivity index (χ0n) is 12.9. The second-order valence-corrected chi connectivity index (χ2v) is 6.72. The first-order valence-corrected chi connectivity index (χ1v) is 8.83. The third-order valence-electron chi connectivity index (χ3n) is 4.24. The average molecular weight is 330 g/mol. The van der Waals surface area contributed by atoms with E-state index in [9.17, 15) is 4.79 Å². The van der Waals surface area contributed by atoms with Crippen LogP contribution in [-0.4, -0.2) is 44.0 Å². The van der Waals surface area contributed by atoms with Crippen LogP contribution in [-0.2, 0) is 24.3 Å². The van der Waals surface area contributed by atoms with E-state index in [-0.39, 0.29) is 5.91 Å². The molecule has 0 N–H and O–H groups in total. The normalized spacial score (nSPS) is 19.7. The van der Waals surface area contributed by atoms with E-state index in [1.807, 2.05) is 29.2 Å². The highest BCUT2D eigenvalue weighted by Crippen LogP contribution is 2.35. The van der Waals surface area contributed by atoms with Crippen molar-refractivity contribution in [2.45, 2.75) is 37.4 Å². The maximum absolute atomic E-state index is 12.8. The van der Waals surface area contributed by atoms with Crippen molar-refractivity contribution < 1.29 is 9.53 Å². The number of nitrogens with zero attached hydrogens (tertiary/aromatic N) is 4. The Morgan fingerprint density at radius 2 is 2.22 bits per heavy atom. The summed E-state index contributed by atoms with van der Waals surface area (Å²) in [7, 11) is 0. The lowest BCUT2D eigenvalue weighted by molar-refractivity contribution is -0.139. The van der Waals surface area contributed by atoms with Crippen LogP contribution in [0.5, 0.6) is 5.75 Å². The first-order valence-electron chi connectivity index (χ1n) is 7.84.